The van der Waals surface area contributed by atoms with Gasteiger partial charge in [-0.1, -0.05) is 18.2 Å². The number of rotatable bonds is 3. The molecule has 0 aliphatic carbocycles. The lowest BCUT2D eigenvalue weighted by Crippen LogP contribution is -2.29. The number of carbonyl (C=O) groups is 1. The third kappa shape index (κ3) is 3.59. The van der Waals surface area contributed by atoms with Crippen LogP contribution in [0.1, 0.15) is 10.8 Å². The normalized spacial score (nSPS) is 19.3. The fourth-order valence-corrected chi connectivity index (χ4v) is 4.35. The Hall–Kier alpha value is -1.82. The predicted octanol–water partition coefficient (Wildman–Crippen LogP) is 3.85. The van der Waals surface area contributed by atoms with Crippen LogP contribution in [0.25, 0.3) is 10.8 Å². The van der Waals surface area contributed by atoms with E-state index in [1.165, 1.54) is 4.88 Å². The van der Waals surface area contributed by atoms with Crippen LogP contribution >= 0.6 is 36.2 Å². The van der Waals surface area contributed by atoms with E-state index in [0.717, 1.165) is 23.0 Å². The summed E-state index contributed by atoms with van der Waals surface area (Å²) in [6, 6.07) is 12.4. The third-order valence-corrected chi connectivity index (χ3v) is 5.60. The Balaban J connectivity index is 0.00000113. The van der Waals surface area contributed by atoms with Gasteiger partial charge < -0.3 is 10.6 Å². The number of halogens is 2. The summed E-state index contributed by atoms with van der Waals surface area (Å²) >= 11 is 1.70. The van der Waals surface area contributed by atoms with E-state index >= 15 is 0 Å². The fraction of sp³-hybridized carbons (Fsp3) is 0.222. The number of fused-ring (bicyclic) bond motifs is 1. The van der Waals surface area contributed by atoms with Crippen LogP contribution < -0.4 is 10.6 Å². The lowest BCUT2D eigenvalue weighted by Gasteiger charge is -2.20. The minimum absolute atomic E-state index is 0. The molecule has 1 aliphatic rings. The summed E-state index contributed by atoms with van der Waals surface area (Å²) in [4.78, 5) is 19.6. The van der Waals surface area contributed by atoms with E-state index in [-0.39, 0.29) is 42.6 Å². The lowest BCUT2D eigenvalue weighted by molar-refractivity contribution is -0.121. The number of benzene rings is 1. The van der Waals surface area contributed by atoms with Gasteiger partial charge >= 0.3 is 0 Å². The lowest BCUT2D eigenvalue weighted by atomic mass is 9.94. The van der Waals surface area contributed by atoms with E-state index < -0.39 is 0 Å². The maximum atomic E-state index is 11.9. The van der Waals surface area contributed by atoms with E-state index in [1.54, 1.807) is 11.3 Å². The number of amides is 1. The average Bonchev–Trinajstić information content (AvgIpc) is 3.23. The van der Waals surface area contributed by atoms with Crippen molar-refractivity contribution in [1.29, 1.82) is 0 Å². The molecule has 0 spiro atoms. The molecule has 1 amide bonds. The van der Waals surface area contributed by atoms with Gasteiger partial charge in [-0.05, 0) is 23.6 Å². The van der Waals surface area contributed by atoms with Crippen LogP contribution in [0.2, 0.25) is 0 Å². The van der Waals surface area contributed by atoms with Gasteiger partial charge in [-0.15, -0.1) is 36.2 Å². The first-order valence-electron chi connectivity index (χ1n) is 7.64. The number of nitrogens with zero attached hydrogens (tertiary/aromatic N) is 2. The van der Waals surface area contributed by atoms with Crippen molar-refractivity contribution >= 4 is 58.5 Å². The summed E-state index contributed by atoms with van der Waals surface area (Å²) in [6.07, 6.45) is 3.68. The smallest absolute Gasteiger partial charge is 0.223 e. The first-order chi connectivity index (χ1) is 11.2. The van der Waals surface area contributed by atoms with Crippen molar-refractivity contribution in [1.82, 2.24) is 4.98 Å². The molecule has 2 atom stereocenters. The topological polar surface area (TPSA) is 59.2 Å². The van der Waals surface area contributed by atoms with E-state index in [1.807, 2.05) is 30.6 Å². The van der Waals surface area contributed by atoms with Crippen molar-refractivity contribution in [3.63, 3.8) is 0 Å². The molecule has 7 heteroatoms. The van der Waals surface area contributed by atoms with Gasteiger partial charge in [0.2, 0.25) is 5.91 Å². The van der Waals surface area contributed by atoms with Crippen LogP contribution in [0.15, 0.2) is 54.2 Å². The van der Waals surface area contributed by atoms with Crippen LogP contribution in [0, 0.1) is 5.92 Å². The maximum absolute atomic E-state index is 11.9. The number of anilines is 1. The largest absolute Gasteiger partial charge is 0.370 e. The summed E-state index contributed by atoms with van der Waals surface area (Å²) in [5, 5.41) is 4.33. The minimum atomic E-state index is -0.215. The molecule has 1 fully saturated rings. The van der Waals surface area contributed by atoms with Crippen LogP contribution in [0.5, 0.6) is 0 Å². The first kappa shape index (κ1) is 19.5. The first-order valence-corrected chi connectivity index (χ1v) is 8.52. The Morgan fingerprint density at radius 1 is 1.16 bits per heavy atom. The van der Waals surface area contributed by atoms with Crippen molar-refractivity contribution in [2.45, 2.75) is 5.92 Å². The van der Waals surface area contributed by atoms with Gasteiger partial charge in [-0.3, -0.25) is 9.78 Å². The van der Waals surface area contributed by atoms with Gasteiger partial charge in [0.15, 0.2) is 0 Å². The molecule has 25 heavy (non-hydrogen) atoms. The molecule has 2 N–H and O–H groups in total. The SMILES string of the molecule is Cl.Cl.NC(=O)C1CN(c2cccc3cnccc23)CC1c1cccs1. The van der Waals surface area contributed by atoms with Gasteiger partial charge in [-0.25, -0.2) is 0 Å². The van der Waals surface area contributed by atoms with Gasteiger partial charge in [0.05, 0.1) is 5.92 Å². The number of carbonyl (C=O) groups excluding carboxylic acids is 1. The molecule has 0 radical (unpaired) electrons. The van der Waals surface area contributed by atoms with Crippen molar-refractivity contribution < 1.29 is 4.79 Å². The fourth-order valence-electron chi connectivity index (χ4n) is 3.46. The second kappa shape index (κ2) is 8.04. The molecule has 1 aliphatic heterocycles. The van der Waals surface area contributed by atoms with Crippen molar-refractivity contribution in [3.8, 4) is 0 Å². The second-order valence-corrected chi connectivity index (χ2v) is 6.89. The number of hydrogen-bond acceptors (Lipinski definition) is 4. The van der Waals surface area contributed by atoms with Crippen LogP contribution in [-0.2, 0) is 4.79 Å². The zero-order valence-corrected chi connectivity index (χ0v) is 15.8. The molecular weight excluding hydrogens is 377 g/mol. The number of aromatic nitrogens is 1. The molecule has 1 aromatic carbocycles. The highest BCUT2D eigenvalue weighted by atomic mass is 35.5. The zero-order chi connectivity index (χ0) is 15.8. The summed E-state index contributed by atoms with van der Waals surface area (Å²) in [7, 11) is 0. The Morgan fingerprint density at radius 3 is 2.72 bits per heavy atom. The van der Waals surface area contributed by atoms with Crippen LogP contribution in [0.3, 0.4) is 0 Å². The number of hydrogen-bond donors (Lipinski definition) is 1. The molecule has 2 aromatic heterocycles. The molecule has 4 rings (SSSR count). The van der Waals surface area contributed by atoms with Crippen molar-refractivity contribution in [3.05, 3.63) is 59.0 Å². The maximum Gasteiger partial charge on any atom is 0.223 e. The van der Waals surface area contributed by atoms with E-state index in [4.69, 9.17) is 5.73 Å². The van der Waals surface area contributed by atoms with Gasteiger partial charge in [0.1, 0.15) is 0 Å². The van der Waals surface area contributed by atoms with E-state index in [9.17, 15) is 4.79 Å². The molecule has 3 aromatic rings. The van der Waals surface area contributed by atoms with Gasteiger partial charge in [0.25, 0.3) is 0 Å². The molecule has 3 heterocycles. The van der Waals surface area contributed by atoms with E-state index in [2.05, 4.69) is 33.5 Å². The highest BCUT2D eigenvalue weighted by molar-refractivity contribution is 7.10. The second-order valence-electron chi connectivity index (χ2n) is 5.91. The Labute approximate surface area is 162 Å². The monoisotopic (exact) mass is 395 g/mol. The number of nitrogens with two attached hydrogens (primary N) is 1. The van der Waals surface area contributed by atoms with Crippen molar-refractivity contribution in [2.75, 3.05) is 18.0 Å². The van der Waals surface area contributed by atoms with Crippen molar-refractivity contribution in [2.24, 2.45) is 11.7 Å². The average molecular weight is 396 g/mol. The predicted molar refractivity (Wildman–Crippen MR) is 108 cm³/mol. The quantitative estimate of drug-likeness (QED) is 0.732. The molecule has 132 valence electrons. The number of thiophene rings is 1. The highest BCUT2D eigenvalue weighted by Crippen LogP contribution is 2.39. The molecular formula is C18H19Cl2N3OS. The Kier molecular flexibility index (Phi) is 6.27. The standard InChI is InChI=1S/C18H17N3OS.2ClH/c19-18(22)15-11-21(10-14(15)17-5-2-8-23-17)16-4-1-3-12-9-20-7-6-13(12)16;;/h1-9,14-15H,10-11H2,(H2,19,22);2*1H. The Bertz CT molecular complexity index is 851. The number of primary amides is 1. The summed E-state index contributed by atoms with van der Waals surface area (Å²) < 4.78 is 0. The molecule has 1 saturated heterocycles. The van der Waals surface area contributed by atoms with Gasteiger partial charge in [-0.2, -0.15) is 0 Å². The molecule has 0 saturated carbocycles. The summed E-state index contributed by atoms with van der Waals surface area (Å²) in [5.74, 6) is -0.192. The third-order valence-electron chi connectivity index (χ3n) is 4.59. The Morgan fingerprint density at radius 2 is 2.00 bits per heavy atom. The minimum Gasteiger partial charge on any atom is -0.370 e. The molecule has 4 nitrogen and oxygen atoms in total. The molecule has 0 bridgehead atoms. The summed E-state index contributed by atoms with van der Waals surface area (Å²) in [6.45, 7) is 1.48. The zero-order valence-electron chi connectivity index (χ0n) is 13.4. The van der Waals surface area contributed by atoms with Crippen LogP contribution in [-0.4, -0.2) is 24.0 Å². The summed E-state index contributed by atoms with van der Waals surface area (Å²) in [5.41, 5.74) is 6.82. The number of pyridine rings is 1. The van der Waals surface area contributed by atoms with Crippen LogP contribution in [0.4, 0.5) is 5.69 Å². The van der Waals surface area contributed by atoms with E-state index in [0.29, 0.717) is 6.54 Å². The van der Waals surface area contributed by atoms with Gasteiger partial charge in [0, 0.05) is 52.7 Å². The highest BCUT2D eigenvalue weighted by Gasteiger charge is 2.38. The molecule has 2 unspecified atom stereocenters.